The number of halogens is 3. The Hall–Kier alpha value is 0.370. The SMILES string of the molecule is Clc1sccc1NCCC1CC1(Cl)Cl. The zero-order valence-electron chi connectivity index (χ0n) is 7.40. The molecule has 1 atom stereocenters. The third kappa shape index (κ3) is 2.48. The molecule has 0 aliphatic heterocycles. The van der Waals surface area contributed by atoms with E-state index >= 15 is 0 Å². The third-order valence-corrected chi connectivity index (χ3v) is 4.48. The van der Waals surface area contributed by atoms with Crippen LogP contribution in [0, 0.1) is 5.92 Å². The number of nitrogens with one attached hydrogen (secondary N) is 1. The van der Waals surface area contributed by atoms with Crippen molar-refractivity contribution in [2.45, 2.75) is 17.2 Å². The minimum absolute atomic E-state index is 0.441. The first-order valence-corrected chi connectivity index (χ1v) is 6.45. The van der Waals surface area contributed by atoms with Crippen molar-refractivity contribution >= 4 is 51.8 Å². The van der Waals surface area contributed by atoms with Gasteiger partial charge in [0, 0.05) is 6.54 Å². The van der Waals surface area contributed by atoms with Gasteiger partial charge >= 0.3 is 0 Å². The summed E-state index contributed by atoms with van der Waals surface area (Å²) >= 11 is 19.3. The quantitative estimate of drug-likeness (QED) is 0.800. The summed E-state index contributed by atoms with van der Waals surface area (Å²) < 4.78 is 0.351. The van der Waals surface area contributed by atoms with Crippen molar-refractivity contribution in [3.8, 4) is 0 Å². The molecule has 78 valence electrons. The molecule has 1 saturated carbocycles. The Morgan fingerprint density at radius 1 is 1.57 bits per heavy atom. The highest BCUT2D eigenvalue weighted by atomic mass is 35.5. The van der Waals surface area contributed by atoms with Gasteiger partial charge in [-0.3, -0.25) is 0 Å². The molecule has 0 spiro atoms. The van der Waals surface area contributed by atoms with Crippen LogP contribution in [0.2, 0.25) is 4.34 Å². The molecular formula is C9H10Cl3NS. The second-order valence-corrected chi connectivity index (χ2v) is 6.55. The summed E-state index contributed by atoms with van der Waals surface area (Å²) in [5.41, 5.74) is 1.01. The van der Waals surface area contributed by atoms with Crippen molar-refractivity contribution in [1.29, 1.82) is 0 Å². The molecular weight excluding hydrogens is 261 g/mol. The molecule has 0 aromatic carbocycles. The zero-order chi connectivity index (χ0) is 10.2. The Balaban J connectivity index is 1.72. The molecule has 1 aliphatic carbocycles. The first-order valence-electron chi connectivity index (χ1n) is 4.44. The monoisotopic (exact) mass is 269 g/mol. The second kappa shape index (κ2) is 4.09. The predicted octanol–water partition coefficient (Wildman–Crippen LogP) is 4.40. The number of hydrogen-bond acceptors (Lipinski definition) is 2. The topological polar surface area (TPSA) is 12.0 Å². The first-order chi connectivity index (χ1) is 6.59. The summed E-state index contributed by atoms with van der Waals surface area (Å²) in [5.74, 6) is 0.441. The fraction of sp³-hybridized carbons (Fsp3) is 0.556. The van der Waals surface area contributed by atoms with Crippen LogP contribution in [-0.4, -0.2) is 10.9 Å². The molecule has 1 heterocycles. The van der Waals surface area contributed by atoms with Crippen LogP contribution in [0.4, 0.5) is 5.69 Å². The van der Waals surface area contributed by atoms with E-state index in [1.54, 1.807) is 0 Å². The van der Waals surface area contributed by atoms with Crippen molar-refractivity contribution in [3.05, 3.63) is 15.8 Å². The van der Waals surface area contributed by atoms with E-state index in [-0.39, 0.29) is 0 Å². The molecule has 5 heteroatoms. The van der Waals surface area contributed by atoms with Crippen molar-refractivity contribution in [2.75, 3.05) is 11.9 Å². The average molecular weight is 271 g/mol. The van der Waals surface area contributed by atoms with Gasteiger partial charge < -0.3 is 5.32 Å². The lowest BCUT2D eigenvalue weighted by molar-refractivity contribution is 0.751. The predicted molar refractivity (Wildman–Crippen MR) is 65.0 cm³/mol. The number of rotatable bonds is 4. The maximum atomic E-state index is 5.93. The van der Waals surface area contributed by atoms with E-state index in [0.29, 0.717) is 5.92 Å². The van der Waals surface area contributed by atoms with Crippen LogP contribution in [0.1, 0.15) is 12.8 Å². The lowest BCUT2D eigenvalue weighted by Gasteiger charge is -2.04. The summed E-state index contributed by atoms with van der Waals surface area (Å²) in [5, 5.41) is 5.23. The maximum Gasteiger partial charge on any atom is 0.121 e. The molecule has 1 fully saturated rings. The standard InChI is InChI=1S/C9H10Cl3NS/c10-8-7(2-4-14-8)13-3-1-6-5-9(6,11)12/h2,4,6,13H,1,3,5H2. The molecule has 14 heavy (non-hydrogen) atoms. The fourth-order valence-electron chi connectivity index (χ4n) is 1.38. The summed E-state index contributed by atoms with van der Waals surface area (Å²) in [6.07, 6.45) is 1.91. The summed E-state index contributed by atoms with van der Waals surface area (Å²) in [4.78, 5) is 0. The van der Waals surface area contributed by atoms with Gasteiger partial charge in [0.1, 0.15) is 8.67 Å². The lowest BCUT2D eigenvalue weighted by Crippen LogP contribution is -2.03. The number of alkyl halides is 2. The Kier molecular flexibility index (Phi) is 3.18. The molecule has 1 nitrogen and oxygen atoms in total. The van der Waals surface area contributed by atoms with Gasteiger partial charge in [-0.25, -0.2) is 0 Å². The number of thiophene rings is 1. The molecule has 0 saturated heterocycles. The van der Waals surface area contributed by atoms with Crippen LogP contribution in [0.5, 0.6) is 0 Å². The van der Waals surface area contributed by atoms with Crippen LogP contribution in [-0.2, 0) is 0 Å². The molecule has 0 radical (unpaired) electrons. The van der Waals surface area contributed by atoms with E-state index in [0.717, 1.165) is 29.4 Å². The van der Waals surface area contributed by atoms with Gasteiger partial charge in [0.05, 0.1) is 5.69 Å². The molecule has 1 unspecified atom stereocenters. The minimum atomic E-state index is -0.458. The molecule has 1 aromatic rings. The Morgan fingerprint density at radius 2 is 2.29 bits per heavy atom. The molecule has 1 aromatic heterocycles. The number of hydrogen-bond donors (Lipinski definition) is 1. The molecule has 0 bridgehead atoms. The third-order valence-electron chi connectivity index (χ3n) is 2.38. The van der Waals surface area contributed by atoms with Gasteiger partial charge in [0.25, 0.3) is 0 Å². The maximum absolute atomic E-state index is 5.93. The summed E-state index contributed by atoms with van der Waals surface area (Å²) in [7, 11) is 0. The zero-order valence-corrected chi connectivity index (χ0v) is 10.5. The van der Waals surface area contributed by atoms with E-state index in [1.165, 1.54) is 11.3 Å². The first kappa shape index (κ1) is 10.9. The normalized spacial score (nSPS) is 23.5. The Bertz CT molecular complexity index is 324. The Morgan fingerprint density at radius 3 is 2.79 bits per heavy atom. The van der Waals surface area contributed by atoms with Crippen LogP contribution in [0.15, 0.2) is 11.4 Å². The minimum Gasteiger partial charge on any atom is -0.383 e. The van der Waals surface area contributed by atoms with Gasteiger partial charge in [-0.15, -0.1) is 34.5 Å². The van der Waals surface area contributed by atoms with Crippen LogP contribution >= 0.6 is 46.1 Å². The summed E-state index contributed by atoms with van der Waals surface area (Å²) in [6.45, 7) is 0.877. The smallest absolute Gasteiger partial charge is 0.121 e. The van der Waals surface area contributed by atoms with Crippen LogP contribution < -0.4 is 5.32 Å². The van der Waals surface area contributed by atoms with Gasteiger partial charge in [0.2, 0.25) is 0 Å². The summed E-state index contributed by atoms with van der Waals surface area (Å²) in [6, 6.07) is 1.98. The van der Waals surface area contributed by atoms with E-state index < -0.39 is 4.33 Å². The van der Waals surface area contributed by atoms with E-state index in [2.05, 4.69) is 5.32 Å². The van der Waals surface area contributed by atoms with E-state index in [4.69, 9.17) is 34.8 Å². The van der Waals surface area contributed by atoms with Gasteiger partial charge in [-0.05, 0) is 30.2 Å². The van der Waals surface area contributed by atoms with Crippen molar-refractivity contribution < 1.29 is 0 Å². The molecule has 0 amide bonds. The van der Waals surface area contributed by atoms with Gasteiger partial charge in [0.15, 0.2) is 0 Å². The van der Waals surface area contributed by atoms with E-state index in [9.17, 15) is 0 Å². The second-order valence-electron chi connectivity index (χ2n) is 3.49. The molecule has 1 N–H and O–H groups in total. The highest BCUT2D eigenvalue weighted by molar-refractivity contribution is 7.15. The molecule has 1 aliphatic rings. The van der Waals surface area contributed by atoms with Crippen molar-refractivity contribution in [3.63, 3.8) is 0 Å². The van der Waals surface area contributed by atoms with Crippen molar-refractivity contribution in [1.82, 2.24) is 0 Å². The van der Waals surface area contributed by atoms with Crippen LogP contribution in [0.25, 0.3) is 0 Å². The average Bonchev–Trinajstić information content (AvgIpc) is 2.53. The fourth-order valence-corrected chi connectivity index (χ4v) is 2.85. The van der Waals surface area contributed by atoms with Gasteiger partial charge in [-0.1, -0.05) is 11.6 Å². The Labute approximate surface area is 102 Å². The highest BCUT2D eigenvalue weighted by Crippen LogP contribution is 2.54. The van der Waals surface area contributed by atoms with Crippen molar-refractivity contribution in [2.24, 2.45) is 5.92 Å². The van der Waals surface area contributed by atoms with E-state index in [1.807, 2.05) is 11.4 Å². The molecule has 2 rings (SSSR count). The largest absolute Gasteiger partial charge is 0.383 e. The van der Waals surface area contributed by atoms with Gasteiger partial charge in [-0.2, -0.15) is 0 Å². The van der Waals surface area contributed by atoms with Crippen LogP contribution in [0.3, 0.4) is 0 Å². The highest BCUT2D eigenvalue weighted by Gasteiger charge is 2.50. The number of anilines is 1. The lowest BCUT2D eigenvalue weighted by atomic mass is 10.3.